The second kappa shape index (κ2) is 7.45. The molecule has 0 spiro atoms. The molecule has 3 N–H and O–H groups in total. The third-order valence-corrected chi connectivity index (χ3v) is 3.59. The van der Waals surface area contributed by atoms with Crippen LogP contribution < -0.4 is 5.32 Å². The molecule has 1 amide bonds. The number of carboxylic acid groups (broad SMARTS) is 1. The molecule has 4 atom stereocenters. The first kappa shape index (κ1) is 15.9. The lowest BCUT2D eigenvalue weighted by Crippen LogP contribution is -2.37. The zero-order valence-electron chi connectivity index (χ0n) is 11.5. The highest BCUT2D eigenvalue weighted by atomic mass is 16.5. The van der Waals surface area contributed by atoms with Gasteiger partial charge in [0.15, 0.2) is 0 Å². The number of amides is 1. The third kappa shape index (κ3) is 4.80. The van der Waals surface area contributed by atoms with Gasteiger partial charge in [-0.25, -0.2) is 0 Å². The lowest BCUT2D eigenvalue weighted by molar-refractivity contribution is -0.146. The van der Waals surface area contributed by atoms with E-state index in [0.717, 1.165) is 0 Å². The van der Waals surface area contributed by atoms with Crippen molar-refractivity contribution in [3.8, 4) is 0 Å². The van der Waals surface area contributed by atoms with Gasteiger partial charge in [0, 0.05) is 13.7 Å². The molecule has 19 heavy (non-hydrogen) atoms. The van der Waals surface area contributed by atoms with E-state index in [9.17, 15) is 14.7 Å². The van der Waals surface area contributed by atoms with Gasteiger partial charge in [0.1, 0.15) is 0 Å². The Morgan fingerprint density at radius 2 is 2.00 bits per heavy atom. The second-order valence-electron chi connectivity index (χ2n) is 5.32. The van der Waals surface area contributed by atoms with Gasteiger partial charge in [-0.15, -0.1) is 0 Å². The maximum atomic E-state index is 12.0. The first-order valence-corrected chi connectivity index (χ1v) is 6.63. The van der Waals surface area contributed by atoms with Gasteiger partial charge in [-0.3, -0.25) is 9.59 Å². The number of carbonyl (C=O) groups excluding carboxylic acids is 1. The quantitative estimate of drug-likeness (QED) is 0.618. The molecule has 1 saturated carbocycles. The van der Waals surface area contributed by atoms with Crippen LogP contribution in [0.5, 0.6) is 0 Å². The van der Waals surface area contributed by atoms with Gasteiger partial charge in [0.05, 0.1) is 24.5 Å². The van der Waals surface area contributed by atoms with Crippen molar-refractivity contribution in [3.63, 3.8) is 0 Å². The van der Waals surface area contributed by atoms with Crippen LogP contribution in [0.2, 0.25) is 0 Å². The van der Waals surface area contributed by atoms with Gasteiger partial charge < -0.3 is 20.3 Å². The number of carboxylic acids is 1. The van der Waals surface area contributed by atoms with Crippen LogP contribution in [0.4, 0.5) is 0 Å². The van der Waals surface area contributed by atoms with Crippen LogP contribution in [-0.2, 0) is 14.3 Å². The summed E-state index contributed by atoms with van der Waals surface area (Å²) in [5.41, 5.74) is 0. The molecule has 0 radical (unpaired) electrons. The molecule has 1 aliphatic rings. The molecule has 0 aromatic carbocycles. The van der Waals surface area contributed by atoms with Crippen LogP contribution in [-0.4, -0.2) is 48.5 Å². The molecule has 0 aromatic rings. The summed E-state index contributed by atoms with van der Waals surface area (Å²) >= 11 is 0. The van der Waals surface area contributed by atoms with E-state index in [1.54, 1.807) is 0 Å². The van der Waals surface area contributed by atoms with Crippen molar-refractivity contribution in [2.24, 2.45) is 17.8 Å². The summed E-state index contributed by atoms with van der Waals surface area (Å²) in [4.78, 5) is 23.1. The van der Waals surface area contributed by atoms with E-state index in [-0.39, 0.29) is 18.4 Å². The summed E-state index contributed by atoms with van der Waals surface area (Å²) in [5, 5.41) is 21.2. The molecule has 0 heterocycles. The van der Waals surface area contributed by atoms with Crippen molar-refractivity contribution >= 4 is 11.9 Å². The van der Waals surface area contributed by atoms with Crippen molar-refractivity contribution in [3.05, 3.63) is 0 Å². The van der Waals surface area contributed by atoms with Crippen molar-refractivity contribution in [1.29, 1.82) is 0 Å². The Balaban J connectivity index is 2.38. The highest BCUT2D eigenvalue weighted by molar-refractivity contribution is 5.85. The van der Waals surface area contributed by atoms with Crippen molar-refractivity contribution in [2.75, 3.05) is 20.3 Å². The van der Waals surface area contributed by atoms with Gasteiger partial charge in [0.2, 0.25) is 5.91 Å². The minimum Gasteiger partial charge on any atom is -0.481 e. The first-order chi connectivity index (χ1) is 8.95. The maximum Gasteiger partial charge on any atom is 0.307 e. The Bertz CT molecular complexity index is 320. The second-order valence-corrected chi connectivity index (χ2v) is 5.32. The SMILES string of the molecule is COCC(O)CCNC(=O)C1CC(C)CC1C(=O)O. The molecule has 1 aliphatic carbocycles. The van der Waals surface area contributed by atoms with Crippen LogP contribution in [0.3, 0.4) is 0 Å². The number of methoxy groups -OCH3 is 1. The van der Waals surface area contributed by atoms with Gasteiger partial charge in [0.25, 0.3) is 0 Å². The molecule has 1 rings (SSSR count). The van der Waals surface area contributed by atoms with Crippen LogP contribution >= 0.6 is 0 Å². The first-order valence-electron chi connectivity index (χ1n) is 6.63. The fraction of sp³-hybridized carbons (Fsp3) is 0.846. The van der Waals surface area contributed by atoms with Crippen molar-refractivity contribution in [1.82, 2.24) is 5.32 Å². The molecular weight excluding hydrogens is 250 g/mol. The average molecular weight is 273 g/mol. The van der Waals surface area contributed by atoms with Gasteiger partial charge in [-0.05, 0) is 25.2 Å². The number of aliphatic hydroxyl groups excluding tert-OH is 1. The van der Waals surface area contributed by atoms with Crippen LogP contribution in [0.25, 0.3) is 0 Å². The van der Waals surface area contributed by atoms with Crippen molar-refractivity contribution in [2.45, 2.75) is 32.3 Å². The average Bonchev–Trinajstić information content (AvgIpc) is 2.72. The lowest BCUT2D eigenvalue weighted by atomic mass is 9.95. The predicted octanol–water partition coefficient (Wildman–Crippen LogP) is 0.247. The Kier molecular flexibility index (Phi) is 6.24. The summed E-state index contributed by atoms with van der Waals surface area (Å²) < 4.78 is 4.78. The maximum absolute atomic E-state index is 12.0. The predicted molar refractivity (Wildman–Crippen MR) is 68.5 cm³/mol. The molecule has 0 saturated heterocycles. The van der Waals surface area contributed by atoms with Crippen LogP contribution in [0.1, 0.15) is 26.2 Å². The number of carbonyl (C=O) groups is 2. The smallest absolute Gasteiger partial charge is 0.307 e. The number of hydrogen-bond acceptors (Lipinski definition) is 4. The standard InChI is InChI=1S/C13H23NO5/c1-8-5-10(11(6-8)13(17)18)12(16)14-4-3-9(15)7-19-2/h8-11,15H,3-7H2,1-2H3,(H,14,16)(H,17,18). The highest BCUT2D eigenvalue weighted by Gasteiger charge is 2.40. The van der Waals surface area contributed by atoms with E-state index in [2.05, 4.69) is 5.32 Å². The van der Waals surface area contributed by atoms with Gasteiger partial charge in [-0.1, -0.05) is 6.92 Å². The largest absolute Gasteiger partial charge is 0.481 e. The minimum absolute atomic E-state index is 0.221. The summed E-state index contributed by atoms with van der Waals surface area (Å²) in [6, 6.07) is 0. The molecule has 4 unspecified atom stereocenters. The Hall–Kier alpha value is -1.14. The molecule has 110 valence electrons. The summed E-state index contributed by atoms with van der Waals surface area (Å²) in [5.74, 6) is -1.90. The fourth-order valence-corrected chi connectivity index (χ4v) is 2.62. The van der Waals surface area contributed by atoms with E-state index in [0.29, 0.717) is 25.8 Å². The Labute approximate surface area is 113 Å². The van der Waals surface area contributed by atoms with Gasteiger partial charge >= 0.3 is 5.97 Å². The normalized spacial score (nSPS) is 28.1. The number of nitrogens with one attached hydrogen (secondary N) is 1. The molecule has 0 aliphatic heterocycles. The monoisotopic (exact) mass is 273 g/mol. The summed E-state index contributed by atoms with van der Waals surface area (Å²) in [7, 11) is 1.50. The number of ether oxygens (including phenoxy) is 1. The van der Waals surface area contributed by atoms with E-state index >= 15 is 0 Å². The topological polar surface area (TPSA) is 95.9 Å². The zero-order valence-corrected chi connectivity index (χ0v) is 11.5. The molecule has 0 aromatic heterocycles. The Morgan fingerprint density at radius 1 is 1.37 bits per heavy atom. The fourth-order valence-electron chi connectivity index (χ4n) is 2.62. The molecule has 1 fully saturated rings. The summed E-state index contributed by atoms with van der Waals surface area (Å²) in [6.45, 7) is 2.53. The minimum atomic E-state index is -0.899. The van der Waals surface area contributed by atoms with E-state index in [4.69, 9.17) is 9.84 Å². The lowest BCUT2D eigenvalue weighted by Gasteiger charge is -2.16. The highest BCUT2D eigenvalue weighted by Crippen LogP contribution is 2.36. The van der Waals surface area contributed by atoms with Crippen LogP contribution in [0, 0.1) is 17.8 Å². The number of hydrogen-bond donors (Lipinski definition) is 3. The van der Waals surface area contributed by atoms with Gasteiger partial charge in [-0.2, -0.15) is 0 Å². The Morgan fingerprint density at radius 3 is 2.58 bits per heavy atom. The number of rotatable bonds is 7. The van der Waals surface area contributed by atoms with Crippen LogP contribution in [0.15, 0.2) is 0 Å². The van der Waals surface area contributed by atoms with E-state index in [1.165, 1.54) is 7.11 Å². The number of aliphatic carboxylic acids is 1. The summed E-state index contributed by atoms with van der Waals surface area (Å²) in [6.07, 6.45) is 0.964. The molecule has 0 bridgehead atoms. The zero-order chi connectivity index (χ0) is 14.4. The van der Waals surface area contributed by atoms with E-state index in [1.807, 2.05) is 6.92 Å². The molecule has 6 heteroatoms. The van der Waals surface area contributed by atoms with E-state index < -0.39 is 23.9 Å². The number of aliphatic hydroxyl groups is 1. The van der Waals surface area contributed by atoms with Crippen molar-refractivity contribution < 1.29 is 24.5 Å². The third-order valence-electron chi connectivity index (χ3n) is 3.59. The molecule has 6 nitrogen and oxygen atoms in total. The molecular formula is C13H23NO5.